The Labute approximate surface area is 131 Å². The summed E-state index contributed by atoms with van der Waals surface area (Å²) in [5.41, 5.74) is -2.48. The molecule has 22 heavy (non-hydrogen) atoms. The van der Waals surface area contributed by atoms with Gasteiger partial charge in [0.05, 0.1) is 6.54 Å². The Kier molecular flexibility index (Phi) is 4.28. The molecule has 1 aromatic heterocycles. The number of likely N-dealkylation sites (tertiary alicyclic amines) is 1. The maximum Gasteiger partial charge on any atom is 0.343 e. The van der Waals surface area contributed by atoms with E-state index in [4.69, 9.17) is 5.11 Å². The Balaban J connectivity index is 2.30. The number of alkyl halides is 1. The van der Waals surface area contributed by atoms with Gasteiger partial charge in [0.15, 0.2) is 0 Å². The summed E-state index contributed by atoms with van der Waals surface area (Å²) in [5, 5.41) is 10.3. The lowest BCUT2D eigenvalue weighted by molar-refractivity contribution is -0.149. The van der Waals surface area contributed by atoms with Crippen LogP contribution in [0.3, 0.4) is 0 Å². The number of rotatable bonds is 4. The predicted molar refractivity (Wildman–Crippen MR) is 77.2 cm³/mol. The highest BCUT2D eigenvalue weighted by atomic mass is 32.2. The topological polar surface area (TPSA) is 95.0 Å². The average molecular weight is 350 g/mol. The van der Waals surface area contributed by atoms with Gasteiger partial charge < -0.3 is 10.0 Å². The van der Waals surface area contributed by atoms with Crippen LogP contribution in [-0.2, 0) is 14.8 Å². The highest BCUT2D eigenvalue weighted by Gasteiger charge is 2.47. The van der Waals surface area contributed by atoms with Gasteiger partial charge in [-0.1, -0.05) is 0 Å². The molecule has 1 N–H and O–H groups in total. The van der Waals surface area contributed by atoms with Crippen molar-refractivity contribution in [3.05, 3.63) is 16.3 Å². The summed E-state index contributed by atoms with van der Waals surface area (Å²) in [6.07, 6.45) is -0.310. The lowest BCUT2D eigenvalue weighted by Crippen LogP contribution is -2.39. The third-order valence-corrected chi connectivity index (χ3v) is 6.36. The van der Waals surface area contributed by atoms with E-state index in [1.807, 2.05) is 0 Å². The Morgan fingerprint density at radius 3 is 2.59 bits per heavy atom. The summed E-state index contributed by atoms with van der Waals surface area (Å²) in [6, 6.07) is 1.31. The molecule has 2 rings (SSSR count). The Hall–Kier alpha value is -1.52. The SMILES string of the molecule is CN(C)S(=O)(=O)c1ccsc1C(=O)N1CCC(F)(C(=O)O)C1. The van der Waals surface area contributed by atoms with Crippen LogP contribution in [-0.4, -0.2) is 67.5 Å². The molecule has 1 aliphatic rings. The summed E-state index contributed by atoms with van der Waals surface area (Å²) in [5.74, 6) is -2.29. The monoisotopic (exact) mass is 350 g/mol. The second-order valence-electron chi connectivity index (χ2n) is 5.15. The highest BCUT2D eigenvalue weighted by molar-refractivity contribution is 7.89. The molecule has 0 saturated carbocycles. The van der Waals surface area contributed by atoms with Gasteiger partial charge in [-0.25, -0.2) is 21.9 Å². The molecule has 1 saturated heterocycles. The fourth-order valence-corrected chi connectivity index (χ4v) is 4.37. The van der Waals surface area contributed by atoms with E-state index in [1.165, 1.54) is 25.5 Å². The van der Waals surface area contributed by atoms with Crippen LogP contribution in [0, 0.1) is 0 Å². The van der Waals surface area contributed by atoms with E-state index in [9.17, 15) is 22.4 Å². The largest absolute Gasteiger partial charge is 0.479 e. The normalized spacial score (nSPS) is 22.3. The number of carbonyl (C=O) groups is 2. The van der Waals surface area contributed by atoms with Gasteiger partial charge in [-0.15, -0.1) is 11.3 Å². The molecule has 0 spiro atoms. The van der Waals surface area contributed by atoms with Gasteiger partial charge in [-0.3, -0.25) is 4.79 Å². The van der Waals surface area contributed by atoms with E-state index in [2.05, 4.69) is 0 Å². The van der Waals surface area contributed by atoms with E-state index < -0.39 is 34.1 Å². The molecule has 10 heteroatoms. The summed E-state index contributed by atoms with van der Waals surface area (Å²) in [6.45, 7) is -0.651. The van der Waals surface area contributed by atoms with Gasteiger partial charge in [0, 0.05) is 27.1 Å². The zero-order chi connectivity index (χ0) is 16.7. The number of carboxylic acid groups (broad SMARTS) is 1. The minimum atomic E-state index is -3.80. The fourth-order valence-electron chi connectivity index (χ4n) is 2.12. The van der Waals surface area contributed by atoms with Gasteiger partial charge in [-0.2, -0.15) is 0 Å². The highest BCUT2D eigenvalue weighted by Crippen LogP contribution is 2.31. The van der Waals surface area contributed by atoms with E-state index in [-0.39, 0.29) is 22.7 Å². The lowest BCUT2D eigenvalue weighted by atomic mass is 10.1. The first-order valence-corrected chi connectivity index (χ1v) is 8.63. The first-order chi connectivity index (χ1) is 10.1. The number of thiophene rings is 1. The molecule has 1 atom stereocenters. The molecule has 0 aliphatic carbocycles. The number of hydrogen-bond acceptors (Lipinski definition) is 5. The quantitative estimate of drug-likeness (QED) is 0.860. The number of halogens is 1. The van der Waals surface area contributed by atoms with Crippen molar-refractivity contribution in [1.29, 1.82) is 0 Å². The van der Waals surface area contributed by atoms with Crippen LogP contribution >= 0.6 is 11.3 Å². The maximum atomic E-state index is 14.0. The van der Waals surface area contributed by atoms with Crippen molar-refractivity contribution in [3.8, 4) is 0 Å². The summed E-state index contributed by atoms with van der Waals surface area (Å²) >= 11 is 0.930. The van der Waals surface area contributed by atoms with Gasteiger partial charge in [0.1, 0.15) is 9.77 Å². The predicted octanol–water partition coefficient (Wildman–Crippen LogP) is 0.637. The van der Waals surface area contributed by atoms with Crippen LogP contribution in [0.5, 0.6) is 0 Å². The Bertz CT molecular complexity index is 715. The molecule has 7 nitrogen and oxygen atoms in total. The van der Waals surface area contributed by atoms with E-state index in [1.54, 1.807) is 0 Å². The Morgan fingerprint density at radius 2 is 2.09 bits per heavy atom. The smallest absolute Gasteiger partial charge is 0.343 e. The van der Waals surface area contributed by atoms with Crippen molar-refractivity contribution in [2.45, 2.75) is 17.0 Å². The second-order valence-corrected chi connectivity index (χ2v) is 8.18. The van der Waals surface area contributed by atoms with E-state index >= 15 is 0 Å². The molecular formula is C12H15FN2O5S2. The van der Waals surface area contributed by atoms with Crippen LogP contribution in [0.25, 0.3) is 0 Å². The third-order valence-electron chi connectivity index (χ3n) is 3.47. The first-order valence-electron chi connectivity index (χ1n) is 6.31. The fraction of sp³-hybridized carbons (Fsp3) is 0.500. The van der Waals surface area contributed by atoms with Crippen molar-refractivity contribution in [2.24, 2.45) is 0 Å². The van der Waals surface area contributed by atoms with Crippen molar-refractivity contribution >= 4 is 33.2 Å². The number of sulfonamides is 1. The van der Waals surface area contributed by atoms with Gasteiger partial charge in [0.2, 0.25) is 15.7 Å². The van der Waals surface area contributed by atoms with Crippen LogP contribution < -0.4 is 0 Å². The lowest BCUT2D eigenvalue weighted by Gasteiger charge is -2.18. The number of nitrogens with zero attached hydrogens (tertiary/aromatic N) is 2. The van der Waals surface area contributed by atoms with Gasteiger partial charge >= 0.3 is 5.97 Å². The third kappa shape index (κ3) is 2.73. The molecule has 122 valence electrons. The van der Waals surface area contributed by atoms with Crippen molar-refractivity contribution < 1.29 is 27.5 Å². The molecular weight excluding hydrogens is 335 g/mol. The average Bonchev–Trinajstić information content (AvgIpc) is 3.05. The molecule has 0 bridgehead atoms. The van der Waals surface area contributed by atoms with Gasteiger partial charge in [-0.05, 0) is 11.4 Å². The van der Waals surface area contributed by atoms with Crippen molar-refractivity contribution in [2.75, 3.05) is 27.2 Å². The first kappa shape index (κ1) is 16.8. The summed E-state index contributed by atoms with van der Waals surface area (Å²) < 4.78 is 39.3. The zero-order valence-electron chi connectivity index (χ0n) is 11.9. The van der Waals surface area contributed by atoms with Crippen LogP contribution in [0.2, 0.25) is 0 Å². The number of carbonyl (C=O) groups excluding carboxylic acids is 1. The van der Waals surface area contributed by atoms with Crippen LogP contribution in [0.15, 0.2) is 16.3 Å². The zero-order valence-corrected chi connectivity index (χ0v) is 13.6. The number of amides is 1. The summed E-state index contributed by atoms with van der Waals surface area (Å²) in [4.78, 5) is 24.1. The van der Waals surface area contributed by atoms with Crippen molar-refractivity contribution in [3.63, 3.8) is 0 Å². The second kappa shape index (κ2) is 5.60. The number of carboxylic acids is 1. The summed E-state index contributed by atoms with van der Waals surface area (Å²) in [7, 11) is -1.11. The number of aliphatic carboxylic acids is 1. The van der Waals surface area contributed by atoms with Crippen LogP contribution in [0.4, 0.5) is 4.39 Å². The molecule has 0 radical (unpaired) electrons. The molecule has 1 amide bonds. The minimum absolute atomic E-state index is 0.0386. The number of hydrogen-bond donors (Lipinski definition) is 1. The van der Waals surface area contributed by atoms with Crippen molar-refractivity contribution in [1.82, 2.24) is 9.21 Å². The molecule has 0 aromatic carbocycles. The molecule has 1 fully saturated rings. The van der Waals surface area contributed by atoms with Crippen LogP contribution in [0.1, 0.15) is 16.1 Å². The maximum absolute atomic E-state index is 14.0. The molecule has 2 heterocycles. The minimum Gasteiger partial charge on any atom is -0.479 e. The Morgan fingerprint density at radius 1 is 1.45 bits per heavy atom. The molecule has 1 unspecified atom stereocenters. The van der Waals surface area contributed by atoms with E-state index in [0.717, 1.165) is 20.5 Å². The molecule has 1 aromatic rings. The van der Waals surface area contributed by atoms with Gasteiger partial charge in [0.25, 0.3) is 5.91 Å². The standard InChI is InChI=1S/C12H15FN2O5S2/c1-14(2)22(19,20)8-3-6-21-9(8)10(16)15-5-4-12(13,7-15)11(17)18/h3,6H,4-5,7H2,1-2H3,(H,17,18). The molecule has 1 aliphatic heterocycles. The van der Waals surface area contributed by atoms with E-state index in [0.29, 0.717) is 0 Å².